The molecule has 0 bridgehead atoms. The molecule has 1 aromatic carbocycles. The van der Waals surface area contributed by atoms with Crippen molar-refractivity contribution < 1.29 is 19.4 Å². The topological polar surface area (TPSA) is 55.8 Å². The highest BCUT2D eigenvalue weighted by molar-refractivity contribution is 5.70. The summed E-state index contributed by atoms with van der Waals surface area (Å²) in [6.07, 6.45) is 0.397. The molecule has 0 aromatic heterocycles. The first-order chi connectivity index (χ1) is 9.03. The van der Waals surface area contributed by atoms with Crippen molar-refractivity contribution in [3.63, 3.8) is 0 Å². The van der Waals surface area contributed by atoms with Gasteiger partial charge >= 0.3 is 5.97 Å². The molecule has 0 aliphatic rings. The van der Waals surface area contributed by atoms with Crippen LogP contribution in [-0.2, 0) is 20.9 Å². The molecule has 0 unspecified atom stereocenters. The number of aliphatic hydroxyl groups is 1. The number of carbonyl (C=O) groups excluding carboxylic acids is 1. The zero-order valence-electron chi connectivity index (χ0n) is 11.6. The van der Waals surface area contributed by atoms with E-state index in [1.807, 2.05) is 30.3 Å². The third-order valence-electron chi connectivity index (χ3n) is 2.73. The van der Waals surface area contributed by atoms with Crippen LogP contribution >= 0.6 is 0 Å². The van der Waals surface area contributed by atoms with Crippen LogP contribution in [0.25, 0.3) is 0 Å². The van der Waals surface area contributed by atoms with Gasteiger partial charge in [-0.2, -0.15) is 0 Å². The second-order valence-electron chi connectivity index (χ2n) is 4.77. The Labute approximate surface area is 114 Å². The van der Waals surface area contributed by atoms with Crippen LogP contribution in [0.2, 0.25) is 0 Å². The number of hydrogen-bond acceptors (Lipinski definition) is 4. The first kappa shape index (κ1) is 15.7. The molecule has 0 amide bonds. The molecule has 0 radical (unpaired) electrons. The van der Waals surface area contributed by atoms with Crippen LogP contribution in [-0.4, -0.2) is 29.9 Å². The van der Waals surface area contributed by atoms with Crippen molar-refractivity contribution >= 4 is 5.97 Å². The molecule has 1 atom stereocenters. The highest BCUT2D eigenvalue weighted by Crippen LogP contribution is 2.15. The van der Waals surface area contributed by atoms with Gasteiger partial charge in [0.1, 0.15) is 0 Å². The van der Waals surface area contributed by atoms with Gasteiger partial charge in [-0.1, -0.05) is 30.3 Å². The van der Waals surface area contributed by atoms with E-state index in [9.17, 15) is 9.90 Å². The predicted molar refractivity (Wildman–Crippen MR) is 72.6 cm³/mol. The molecule has 1 rings (SSSR count). The van der Waals surface area contributed by atoms with Crippen molar-refractivity contribution in [3.05, 3.63) is 35.9 Å². The maximum absolute atomic E-state index is 11.3. The van der Waals surface area contributed by atoms with E-state index in [1.54, 1.807) is 13.8 Å². The third kappa shape index (κ3) is 6.94. The minimum Gasteiger partial charge on any atom is -0.466 e. The number of esters is 1. The molecular formula is C15H22O4. The Morgan fingerprint density at radius 1 is 1.32 bits per heavy atom. The Morgan fingerprint density at radius 2 is 2.00 bits per heavy atom. The summed E-state index contributed by atoms with van der Waals surface area (Å²) < 4.78 is 10.3. The highest BCUT2D eigenvalue weighted by Gasteiger charge is 2.24. The summed E-state index contributed by atoms with van der Waals surface area (Å²) in [4.78, 5) is 11.3. The van der Waals surface area contributed by atoms with Crippen molar-refractivity contribution in [2.75, 3.05) is 13.2 Å². The van der Waals surface area contributed by atoms with Gasteiger partial charge in [0.2, 0.25) is 0 Å². The van der Waals surface area contributed by atoms with E-state index < -0.39 is 5.60 Å². The Bertz CT molecular complexity index is 373. The largest absolute Gasteiger partial charge is 0.466 e. The summed E-state index contributed by atoms with van der Waals surface area (Å²) in [5, 5.41) is 10.0. The zero-order valence-corrected chi connectivity index (χ0v) is 11.6. The van der Waals surface area contributed by atoms with E-state index in [-0.39, 0.29) is 12.4 Å². The summed E-state index contributed by atoms with van der Waals surface area (Å²) >= 11 is 0. The lowest BCUT2D eigenvalue weighted by Crippen LogP contribution is -2.30. The Kier molecular flexibility index (Phi) is 6.53. The van der Waals surface area contributed by atoms with Gasteiger partial charge in [0.05, 0.1) is 25.2 Å². The summed E-state index contributed by atoms with van der Waals surface area (Å²) in [5.74, 6) is -0.379. The third-order valence-corrected chi connectivity index (χ3v) is 2.73. The molecule has 1 aromatic rings. The predicted octanol–water partition coefficient (Wildman–Crippen LogP) is 2.30. The molecule has 0 saturated carbocycles. The van der Waals surface area contributed by atoms with Gasteiger partial charge in [-0.25, -0.2) is 0 Å². The molecule has 0 heterocycles. The molecular weight excluding hydrogens is 244 g/mol. The molecule has 106 valence electrons. The fraction of sp³-hybridized carbons (Fsp3) is 0.533. The van der Waals surface area contributed by atoms with Gasteiger partial charge in [0, 0.05) is 6.61 Å². The SMILES string of the molecule is CCOC(=O)C[C@@](C)(O)CCOCc1ccccc1. The number of carbonyl (C=O) groups is 1. The minimum atomic E-state index is -1.08. The van der Waals surface area contributed by atoms with Gasteiger partial charge in [-0.3, -0.25) is 4.79 Å². The van der Waals surface area contributed by atoms with Crippen LogP contribution < -0.4 is 0 Å². The molecule has 4 heteroatoms. The minimum absolute atomic E-state index is 0.00443. The molecule has 0 saturated heterocycles. The van der Waals surface area contributed by atoms with Gasteiger partial charge in [0.15, 0.2) is 0 Å². The number of rotatable bonds is 8. The first-order valence-electron chi connectivity index (χ1n) is 6.53. The van der Waals surface area contributed by atoms with Gasteiger partial charge in [-0.05, 0) is 25.8 Å². The molecule has 0 spiro atoms. The van der Waals surface area contributed by atoms with Gasteiger partial charge < -0.3 is 14.6 Å². The Hall–Kier alpha value is -1.39. The lowest BCUT2D eigenvalue weighted by Gasteiger charge is -2.21. The molecule has 1 N–H and O–H groups in total. The number of hydrogen-bond donors (Lipinski definition) is 1. The van der Waals surface area contributed by atoms with Crippen molar-refractivity contribution in [2.24, 2.45) is 0 Å². The highest BCUT2D eigenvalue weighted by atomic mass is 16.5. The average molecular weight is 266 g/mol. The molecule has 0 fully saturated rings. The second-order valence-corrected chi connectivity index (χ2v) is 4.77. The monoisotopic (exact) mass is 266 g/mol. The number of benzene rings is 1. The normalized spacial score (nSPS) is 13.8. The first-order valence-corrected chi connectivity index (χ1v) is 6.53. The number of ether oxygens (including phenoxy) is 2. The molecule has 0 aliphatic carbocycles. The maximum Gasteiger partial charge on any atom is 0.308 e. The van der Waals surface area contributed by atoms with E-state index in [2.05, 4.69) is 0 Å². The maximum atomic E-state index is 11.3. The van der Waals surface area contributed by atoms with Crippen LogP contribution in [0.15, 0.2) is 30.3 Å². The van der Waals surface area contributed by atoms with E-state index in [0.717, 1.165) is 5.56 Å². The van der Waals surface area contributed by atoms with Crippen molar-refractivity contribution in [1.29, 1.82) is 0 Å². The summed E-state index contributed by atoms with van der Waals surface area (Å²) in [6.45, 7) is 4.61. The lowest BCUT2D eigenvalue weighted by molar-refractivity contribution is -0.148. The molecule has 4 nitrogen and oxygen atoms in total. The fourth-order valence-electron chi connectivity index (χ4n) is 1.67. The second kappa shape index (κ2) is 7.92. The van der Waals surface area contributed by atoms with Crippen LogP contribution in [0.5, 0.6) is 0 Å². The smallest absolute Gasteiger partial charge is 0.308 e. The van der Waals surface area contributed by atoms with E-state index in [4.69, 9.17) is 9.47 Å². The Balaban J connectivity index is 2.22. The van der Waals surface area contributed by atoms with Crippen molar-refractivity contribution in [3.8, 4) is 0 Å². The van der Waals surface area contributed by atoms with E-state index >= 15 is 0 Å². The van der Waals surface area contributed by atoms with Gasteiger partial charge in [-0.15, -0.1) is 0 Å². The Morgan fingerprint density at radius 3 is 2.63 bits per heavy atom. The van der Waals surface area contributed by atoms with E-state index in [0.29, 0.717) is 26.2 Å². The summed E-state index contributed by atoms with van der Waals surface area (Å²) in [5.41, 5.74) is 0.00990. The summed E-state index contributed by atoms with van der Waals surface area (Å²) in [6, 6.07) is 9.83. The standard InChI is InChI=1S/C15H22O4/c1-3-19-14(16)11-15(2,17)9-10-18-12-13-7-5-4-6-8-13/h4-8,17H,3,9-12H2,1-2H3/t15-/m0/s1. The van der Waals surface area contributed by atoms with Crippen LogP contribution in [0.3, 0.4) is 0 Å². The fourth-order valence-corrected chi connectivity index (χ4v) is 1.67. The quantitative estimate of drug-likeness (QED) is 0.579. The van der Waals surface area contributed by atoms with Crippen LogP contribution in [0.4, 0.5) is 0 Å². The van der Waals surface area contributed by atoms with Crippen LogP contribution in [0, 0.1) is 0 Å². The van der Waals surface area contributed by atoms with Crippen LogP contribution in [0.1, 0.15) is 32.3 Å². The molecule has 19 heavy (non-hydrogen) atoms. The van der Waals surface area contributed by atoms with E-state index in [1.165, 1.54) is 0 Å². The molecule has 0 aliphatic heterocycles. The summed E-state index contributed by atoms with van der Waals surface area (Å²) in [7, 11) is 0. The van der Waals surface area contributed by atoms with Crippen molar-refractivity contribution in [1.82, 2.24) is 0 Å². The zero-order chi connectivity index (χ0) is 14.1. The lowest BCUT2D eigenvalue weighted by atomic mass is 9.99. The van der Waals surface area contributed by atoms with Crippen molar-refractivity contribution in [2.45, 2.75) is 38.9 Å². The average Bonchev–Trinajstić information content (AvgIpc) is 2.35. The van der Waals surface area contributed by atoms with Gasteiger partial charge in [0.25, 0.3) is 0 Å².